The average molecular weight is 235 g/mol. The number of hydrogen-bond acceptors (Lipinski definition) is 4. The molecule has 2 heterocycles. The minimum atomic E-state index is 0.246. The monoisotopic (exact) mass is 235 g/mol. The summed E-state index contributed by atoms with van der Waals surface area (Å²) >= 11 is 0. The van der Waals surface area contributed by atoms with Crippen molar-refractivity contribution >= 4 is 11.2 Å². The maximum atomic E-state index is 8.70. The summed E-state index contributed by atoms with van der Waals surface area (Å²) in [4.78, 5) is 8.52. The van der Waals surface area contributed by atoms with E-state index in [0.29, 0.717) is 11.0 Å². The summed E-state index contributed by atoms with van der Waals surface area (Å²) in [7, 11) is 1.79. The average Bonchev–Trinajstić information content (AvgIpc) is 2.73. The number of nitrogens with zero attached hydrogens (tertiary/aromatic N) is 4. The lowest BCUT2D eigenvalue weighted by Gasteiger charge is -2.03. The second-order valence-corrected chi connectivity index (χ2v) is 4.10. The highest BCUT2D eigenvalue weighted by molar-refractivity contribution is 5.68. The van der Waals surface area contributed by atoms with Crippen LogP contribution in [0.5, 0.6) is 0 Å². The Hall–Kier alpha value is -1.69. The van der Waals surface area contributed by atoms with Crippen molar-refractivity contribution in [3.63, 3.8) is 0 Å². The molecule has 0 aromatic carbocycles. The van der Waals surface area contributed by atoms with Crippen LogP contribution in [-0.2, 0) is 13.6 Å². The van der Waals surface area contributed by atoms with E-state index in [0.717, 1.165) is 31.5 Å². The third-order valence-electron chi connectivity index (χ3n) is 2.80. The first-order valence-corrected chi connectivity index (χ1v) is 5.76. The number of fused-ring (bicyclic) bond motifs is 1. The molecule has 92 valence electrons. The molecule has 0 amide bonds. The molecular weight excluding hydrogens is 218 g/mol. The number of aliphatic hydroxyl groups excluding tert-OH is 1. The summed E-state index contributed by atoms with van der Waals surface area (Å²) < 4.78 is 3.61. The molecule has 0 atom stereocenters. The van der Waals surface area contributed by atoms with Crippen LogP contribution in [0.15, 0.2) is 12.7 Å². The van der Waals surface area contributed by atoms with Crippen LogP contribution in [0.3, 0.4) is 0 Å². The van der Waals surface area contributed by atoms with Crippen molar-refractivity contribution in [3.05, 3.63) is 18.1 Å². The van der Waals surface area contributed by atoms with Crippen molar-refractivity contribution in [2.75, 3.05) is 6.61 Å². The number of unbranched alkanes of at least 4 members (excludes halogenated alkanes) is 2. The normalized spacial score (nSPS) is 11.2. The molecule has 0 unspecified atom stereocenters. The standard InChI is InChI=1S/C11H17N5O/c1-15-7-14-11-9(10(15)12)13-8-16(11)5-3-2-4-6-17/h7-8,12,17H,2-6H2,1H3. The van der Waals surface area contributed by atoms with Crippen molar-refractivity contribution in [1.82, 2.24) is 19.1 Å². The molecule has 0 aliphatic carbocycles. The van der Waals surface area contributed by atoms with Crippen LogP contribution in [0.1, 0.15) is 19.3 Å². The van der Waals surface area contributed by atoms with Crippen LogP contribution >= 0.6 is 0 Å². The molecule has 17 heavy (non-hydrogen) atoms. The van der Waals surface area contributed by atoms with Crippen LogP contribution in [0, 0.1) is 5.41 Å². The number of rotatable bonds is 5. The lowest BCUT2D eigenvalue weighted by Crippen LogP contribution is -2.17. The Morgan fingerprint density at radius 2 is 2.06 bits per heavy atom. The zero-order valence-corrected chi connectivity index (χ0v) is 9.93. The molecular formula is C11H17N5O. The van der Waals surface area contributed by atoms with E-state index in [1.807, 2.05) is 4.57 Å². The van der Waals surface area contributed by atoms with Gasteiger partial charge in [-0.3, -0.25) is 5.41 Å². The van der Waals surface area contributed by atoms with Gasteiger partial charge in [0, 0.05) is 20.2 Å². The molecule has 0 aliphatic rings. The van der Waals surface area contributed by atoms with Crippen molar-refractivity contribution in [2.45, 2.75) is 25.8 Å². The van der Waals surface area contributed by atoms with Gasteiger partial charge >= 0.3 is 0 Å². The first-order valence-electron chi connectivity index (χ1n) is 5.76. The van der Waals surface area contributed by atoms with Gasteiger partial charge in [0.05, 0.1) is 12.7 Å². The molecule has 0 saturated carbocycles. The van der Waals surface area contributed by atoms with E-state index in [9.17, 15) is 0 Å². The van der Waals surface area contributed by atoms with Crippen LogP contribution in [0.2, 0.25) is 0 Å². The highest BCUT2D eigenvalue weighted by Crippen LogP contribution is 2.07. The van der Waals surface area contributed by atoms with Crippen LogP contribution < -0.4 is 5.49 Å². The minimum Gasteiger partial charge on any atom is -0.396 e. The quantitative estimate of drug-likeness (QED) is 0.737. The highest BCUT2D eigenvalue weighted by Gasteiger charge is 2.06. The van der Waals surface area contributed by atoms with E-state index in [2.05, 4.69) is 9.97 Å². The number of aryl methyl sites for hydroxylation is 2. The van der Waals surface area contributed by atoms with Gasteiger partial charge in [-0.25, -0.2) is 9.97 Å². The van der Waals surface area contributed by atoms with Crippen molar-refractivity contribution < 1.29 is 5.11 Å². The third-order valence-corrected chi connectivity index (χ3v) is 2.80. The number of imidazole rings is 1. The fourth-order valence-electron chi connectivity index (χ4n) is 1.78. The van der Waals surface area contributed by atoms with Crippen molar-refractivity contribution in [1.29, 1.82) is 5.41 Å². The zero-order chi connectivity index (χ0) is 12.3. The SMILES string of the molecule is Cn1cnc2c(ncn2CCCCCO)c1=N. The predicted octanol–water partition coefficient (Wildman–Crippen LogP) is 0.412. The van der Waals surface area contributed by atoms with Crippen LogP contribution in [-0.4, -0.2) is 30.8 Å². The fourth-order valence-corrected chi connectivity index (χ4v) is 1.78. The Bertz CT molecular complexity index is 556. The molecule has 0 fully saturated rings. The number of nitrogens with one attached hydrogen (secondary N) is 1. The van der Waals surface area contributed by atoms with Gasteiger partial charge in [0.25, 0.3) is 0 Å². The van der Waals surface area contributed by atoms with E-state index in [-0.39, 0.29) is 6.61 Å². The highest BCUT2D eigenvalue weighted by atomic mass is 16.2. The lowest BCUT2D eigenvalue weighted by atomic mass is 10.2. The maximum Gasteiger partial charge on any atom is 0.165 e. The molecule has 2 aromatic heterocycles. The summed E-state index contributed by atoms with van der Waals surface area (Å²) in [5, 5.41) is 16.6. The summed E-state index contributed by atoms with van der Waals surface area (Å²) in [5.41, 5.74) is 1.78. The maximum absolute atomic E-state index is 8.70. The third kappa shape index (κ3) is 2.36. The van der Waals surface area contributed by atoms with E-state index in [1.165, 1.54) is 0 Å². The smallest absolute Gasteiger partial charge is 0.165 e. The van der Waals surface area contributed by atoms with Crippen molar-refractivity contribution in [2.24, 2.45) is 7.05 Å². The Labute approximate surface area is 99.1 Å². The number of aliphatic hydroxyl groups is 1. The fraction of sp³-hybridized carbons (Fsp3) is 0.545. The molecule has 6 nitrogen and oxygen atoms in total. The largest absolute Gasteiger partial charge is 0.396 e. The molecule has 2 rings (SSSR count). The summed E-state index contributed by atoms with van der Waals surface area (Å²) in [6.07, 6.45) is 6.18. The van der Waals surface area contributed by atoms with Gasteiger partial charge in [-0.05, 0) is 19.3 Å². The Morgan fingerprint density at radius 3 is 2.82 bits per heavy atom. The van der Waals surface area contributed by atoms with Gasteiger partial charge in [-0.1, -0.05) is 0 Å². The van der Waals surface area contributed by atoms with E-state index in [1.54, 1.807) is 24.3 Å². The number of hydrogen-bond donors (Lipinski definition) is 2. The molecule has 0 saturated heterocycles. The Morgan fingerprint density at radius 1 is 1.24 bits per heavy atom. The van der Waals surface area contributed by atoms with Crippen molar-refractivity contribution in [3.8, 4) is 0 Å². The van der Waals surface area contributed by atoms with E-state index in [4.69, 9.17) is 10.5 Å². The van der Waals surface area contributed by atoms with Gasteiger partial charge in [0.2, 0.25) is 0 Å². The Balaban J connectivity index is 2.19. The van der Waals surface area contributed by atoms with Crippen LogP contribution in [0.4, 0.5) is 0 Å². The van der Waals surface area contributed by atoms with Gasteiger partial charge in [0.1, 0.15) is 5.52 Å². The molecule has 0 spiro atoms. The lowest BCUT2D eigenvalue weighted by molar-refractivity contribution is 0.282. The minimum absolute atomic E-state index is 0.246. The summed E-state index contributed by atoms with van der Waals surface area (Å²) in [6, 6.07) is 0. The Kier molecular flexibility index (Phi) is 3.53. The van der Waals surface area contributed by atoms with Crippen LogP contribution in [0.25, 0.3) is 11.2 Å². The van der Waals surface area contributed by atoms with E-state index < -0.39 is 0 Å². The first kappa shape index (κ1) is 11.8. The number of aromatic nitrogens is 4. The summed E-state index contributed by atoms with van der Waals surface area (Å²) in [6.45, 7) is 1.08. The molecule has 0 radical (unpaired) electrons. The van der Waals surface area contributed by atoms with Gasteiger partial charge < -0.3 is 14.2 Å². The molecule has 2 N–H and O–H groups in total. The zero-order valence-electron chi connectivity index (χ0n) is 9.93. The van der Waals surface area contributed by atoms with Gasteiger partial charge in [0.15, 0.2) is 11.1 Å². The molecule has 6 heteroatoms. The predicted molar refractivity (Wildman–Crippen MR) is 63.3 cm³/mol. The second-order valence-electron chi connectivity index (χ2n) is 4.10. The van der Waals surface area contributed by atoms with Gasteiger partial charge in [-0.2, -0.15) is 0 Å². The molecule has 2 aromatic rings. The summed E-state index contributed by atoms with van der Waals surface area (Å²) in [5.74, 6) is 0. The molecule has 0 bridgehead atoms. The second kappa shape index (κ2) is 5.09. The first-order chi connectivity index (χ1) is 8.24. The molecule has 0 aliphatic heterocycles. The van der Waals surface area contributed by atoms with Gasteiger partial charge in [-0.15, -0.1) is 0 Å². The van der Waals surface area contributed by atoms with E-state index >= 15 is 0 Å². The topological polar surface area (TPSA) is 79.7 Å².